The molecule has 0 saturated carbocycles. The number of rotatable bonds is 32. The zero-order valence-electron chi connectivity index (χ0n) is 29.6. The zero-order chi connectivity index (χ0) is 33.6. The van der Waals surface area contributed by atoms with Crippen molar-refractivity contribution in [2.45, 2.75) is 161 Å². The second-order valence-electron chi connectivity index (χ2n) is 12.0. The summed E-state index contributed by atoms with van der Waals surface area (Å²) < 4.78 is 10.2. The Labute approximate surface area is 283 Å². The van der Waals surface area contributed by atoms with Gasteiger partial charge in [0.2, 0.25) is 0 Å². The van der Waals surface area contributed by atoms with Crippen LogP contribution in [0.15, 0.2) is 72.9 Å². The maximum Gasteiger partial charge on any atom is 0.305 e. The van der Waals surface area contributed by atoms with Crippen LogP contribution in [0.4, 0.5) is 0 Å². The summed E-state index contributed by atoms with van der Waals surface area (Å²) in [7, 11) is 0. The lowest BCUT2D eigenvalue weighted by molar-refractivity contribution is -0.152. The van der Waals surface area contributed by atoms with E-state index in [4.69, 9.17) is 9.47 Å². The largest absolute Gasteiger partial charge is 0.463 e. The lowest BCUT2D eigenvalue weighted by Gasteiger charge is -2.12. The molecular weight excluding hydrogens is 572 g/mol. The highest BCUT2D eigenvalue weighted by atomic mass is 16.6. The van der Waals surface area contributed by atoms with Gasteiger partial charge in [-0.15, -0.1) is 0 Å². The van der Waals surface area contributed by atoms with Gasteiger partial charge in [-0.3, -0.25) is 9.59 Å². The summed E-state index contributed by atoms with van der Waals surface area (Å²) in [6.45, 7) is 4.17. The summed E-state index contributed by atoms with van der Waals surface area (Å²) in [4.78, 5) is 23.8. The SMILES string of the molecule is CCCCC/C=C\C/C=C\C/C=C\CCCCC(=O)OC[C@H](O)COC(=O)CCC/C=C\C/C=C\C/C=C\CCCCCCCC. The molecule has 46 heavy (non-hydrogen) atoms. The van der Waals surface area contributed by atoms with Crippen LogP contribution in [0.5, 0.6) is 0 Å². The molecule has 5 heteroatoms. The average molecular weight is 641 g/mol. The number of hydrogen-bond acceptors (Lipinski definition) is 5. The Morgan fingerprint density at radius 3 is 1.26 bits per heavy atom. The van der Waals surface area contributed by atoms with Gasteiger partial charge in [0.05, 0.1) is 0 Å². The van der Waals surface area contributed by atoms with Crippen molar-refractivity contribution < 1.29 is 24.2 Å². The minimum Gasteiger partial charge on any atom is -0.463 e. The number of allylic oxidation sites excluding steroid dienone is 12. The van der Waals surface area contributed by atoms with Crippen LogP contribution in [0.3, 0.4) is 0 Å². The van der Waals surface area contributed by atoms with Gasteiger partial charge in [-0.2, -0.15) is 0 Å². The van der Waals surface area contributed by atoms with Gasteiger partial charge >= 0.3 is 11.9 Å². The first-order valence-electron chi connectivity index (χ1n) is 18.5. The van der Waals surface area contributed by atoms with Crippen molar-refractivity contribution in [1.82, 2.24) is 0 Å². The first-order chi connectivity index (χ1) is 22.6. The van der Waals surface area contributed by atoms with Crippen LogP contribution in [0.2, 0.25) is 0 Å². The summed E-state index contributed by atoms with van der Waals surface area (Å²) in [6.07, 6.45) is 48.1. The van der Waals surface area contributed by atoms with Crippen LogP contribution in [0, 0.1) is 0 Å². The van der Waals surface area contributed by atoms with E-state index in [1.165, 1.54) is 70.6 Å². The third-order valence-electron chi connectivity index (χ3n) is 7.41. The van der Waals surface area contributed by atoms with Crippen molar-refractivity contribution in [3.05, 3.63) is 72.9 Å². The number of aliphatic hydroxyl groups is 1. The summed E-state index contributed by atoms with van der Waals surface area (Å²) in [6, 6.07) is 0. The molecule has 0 aliphatic heterocycles. The van der Waals surface area contributed by atoms with Gasteiger partial charge in [0, 0.05) is 12.8 Å². The van der Waals surface area contributed by atoms with Gasteiger partial charge < -0.3 is 14.6 Å². The van der Waals surface area contributed by atoms with Crippen molar-refractivity contribution in [1.29, 1.82) is 0 Å². The quantitative estimate of drug-likeness (QED) is 0.0450. The number of hydrogen-bond donors (Lipinski definition) is 1. The highest BCUT2D eigenvalue weighted by Crippen LogP contribution is 2.08. The summed E-state index contributed by atoms with van der Waals surface area (Å²) >= 11 is 0. The number of carbonyl (C=O) groups excluding carboxylic acids is 2. The van der Waals surface area contributed by atoms with Crippen LogP contribution < -0.4 is 0 Å². The standard InChI is InChI=1S/C41H68O5/c1-3-5-7-9-11-13-15-17-19-20-22-24-26-28-30-32-34-36-41(44)46-38-39(42)37-45-40(43)35-33-31-29-27-25-23-21-18-16-14-12-10-8-6-4-2/h12,14,17-19,21-22,24-25,27-28,30,39,42H,3-11,13,15-16,20,23,26,29,31-38H2,1-2H3/b14-12-,19-17-,21-18-,24-22-,27-25-,30-28-/t39-/m0/s1. The van der Waals surface area contributed by atoms with E-state index in [0.717, 1.165) is 51.4 Å². The molecule has 0 spiro atoms. The molecule has 0 aromatic carbocycles. The molecule has 0 rings (SSSR count). The normalized spacial score (nSPS) is 13.0. The molecule has 0 aliphatic rings. The second kappa shape index (κ2) is 36.8. The second-order valence-corrected chi connectivity index (χ2v) is 12.0. The first kappa shape index (κ1) is 43.3. The molecule has 0 fully saturated rings. The minimum absolute atomic E-state index is 0.155. The molecule has 0 bridgehead atoms. The fourth-order valence-electron chi connectivity index (χ4n) is 4.58. The third-order valence-corrected chi connectivity index (χ3v) is 7.41. The Balaban J connectivity index is 3.62. The minimum atomic E-state index is -1.00. The van der Waals surface area contributed by atoms with E-state index in [0.29, 0.717) is 19.3 Å². The molecule has 0 amide bonds. The molecule has 0 unspecified atom stereocenters. The van der Waals surface area contributed by atoms with E-state index < -0.39 is 6.10 Å². The van der Waals surface area contributed by atoms with Gasteiger partial charge in [0.25, 0.3) is 0 Å². The summed E-state index contributed by atoms with van der Waals surface area (Å²) in [5, 5.41) is 9.98. The van der Waals surface area contributed by atoms with E-state index in [1.54, 1.807) is 0 Å². The van der Waals surface area contributed by atoms with Crippen LogP contribution in [0.25, 0.3) is 0 Å². The molecule has 0 heterocycles. The molecule has 0 saturated heterocycles. The Bertz CT molecular complexity index is 864. The predicted molar refractivity (Wildman–Crippen MR) is 196 cm³/mol. The van der Waals surface area contributed by atoms with Crippen molar-refractivity contribution in [3.8, 4) is 0 Å². The molecule has 262 valence electrons. The van der Waals surface area contributed by atoms with Crippen LogP contribution >= 0.6 is 0 Å². The van der Waals surface area contributed by atoms with E-state index in [2.05, 4.69) is 86.8 Å². The van der Waals surface area contributed by atoms with Crippen LogP contribution in [-0.2, 0) is 19.1 Å². The monoisotopic (exact) mass is 641 g/mol. The number of aliphatic hydroxyl groups excluding tert-OH is 1. The Kier molecular flexibility index (Phi) is 34.7. The maximum atomic E-state index is 11.9. The number of unbranched alkanes of at least 4 members (excludes halogenated alkanes) is 12. The van der Waals surface area contributed by atoms with E-state index >= 15 is 0 Å². The molecule has 5 nitrogen and oxygen atoms in total. The third kappa shape index (κ3) is 35.8. The van der Waals surface area contributed by atoms with Gasteiger partial charge in [0.15, 0.2) is 0 Å². The molecule has 0 aromatic rings. The molecular formula is C41H68O5. The average Bonchev–Trinajstić information content (AvgIpc) is 3.06. The first-order valence-corrected chi connectivity index (χ1v) is 18.5. The lowest BCUT2D eigenvalue weighted by Crippen LogP contribution is -2.25. The fourth-order valence-corrected chi connectivity index (χ4v) is 4.58. The molecule has 0 aliphatic carbocycles. The lowest BCUT2D eigenvalue weighted by atomic mass is 10.1. The smallest absolute Gasteiger partial charge is 0.305 e. The maximum absolute atomic E-state index is 11.9. The molecule has 1 N–H and O–H groups in total. The number of carbonyl (C=O) groups is 2. The zero-order valence-corrected chi connectivity index (χ0v) is 29.6. The highest BCUT2D eigenvalue weighted by molar-refractivity contribution is 5.69. The molecule has 1 atom stereocenters. The Hall–Kier alpha value is -2.66. The van der Waals surface area contributed by atoms with Gasteiger partial charge in [-0.05, 0) is 83.5 Å². The van der Waals surface area contributed by atoms with E-state index in [1.807, 2.05) is 0 Å². The highest BCUT2D eigenvalue weighted by Gasteiger charge is 2.11. The number of esters is 2. The van der Waals surface area contributed by atoms with Crippen molar-refractivity contribution in [3.63, 3.8) is 0 Å². The van der Waals surface area contributed by atoms with Crippen molar-refractivity contribution >= 4 is 11.9 Å². The molecule has 0 radical (unpaired) electrons. The predicted octanol–water partition coefficient (Wildman–Crippen LogP) is 11.4. The Morgan fingerprint density at radius 2 is 0.783 bits per heavy atom. The number of ether oxygens (including phenoxy) is 2. The molecule has 0 aromatic heterocycles. The van der Waals surface area contributed by atoms with E-state index in [9.17, 15) is 14.7 Å². The van der Waals surface area contributed by atoms with Gasteiger partial charge in [0.1, 0.15) is 19.3 Å². The van der Waals surface area contributed by atoms with Crippen LogP contribution in [0.1, 0.15) is 155 Å². The fraction of sp³-hybridized carbons (Fsp3) is 0.659. The van der Waals surface area contributed by atoms with E-state index in [-0.39, 0.29) is 25.2 Å². The van der Waals surface area contributed by atoms with Crippen LogP contribution in [-0.4, -0.2) is 36.4 Å². The topological polar surface area (TPSA) is 72.8 Å². The Morgan fingerprint density at radius 1 is 0.457 bits per heavy atom. The van der Waals surface area contributed by atoms with Gasteiger partial charge in [-0.1, -0.05) is 132 Å². The van der Waals surface area contributed by atoms with Crippen molar-refractivity contribution in [2.24, 2.45) is 0 Å². The van der Waals surface area contributed by atoms with Crippen molar-refractivity contribution in [2.75, 3.05) is 13.2 Å². The summed E-state index contributed by atoms with van der Waals surface area (Å²) in [5.74, 6) is -0.675. The summed E-state index contributed by atoms with van der Waals surface area (Å²) in [5.41, 5.74) is 0. The van der Waals surface area contributed by atoms with Gasteiger partial charge in [-0.25, -0.2) is 0 Å².